The Morgan fingerprint density at radius 2 is 1.89 bits per heavy atom. The van der Waals surface area contributed by atoms with Crippen molar-refractivity contribution in [1.82, 2.24) is 10.3 Å². The quantitative estimate of drug-likeness (QED) is 0.832. The highest BCUT2D eigenvalue weighted by molar-refractivity contribution is 7.98. The van der Waals surface area contributed by atoms with Crippen molar-refractivity contribution in [3.05, 3.63) is 59.4 Å². The van der Waals surface area contributed by atoms with E-state index in [-0.39, 0.29) is 0 Å². The molecule has 3 heteroatoms. The lowest BCUT2D eigenvalue weighted by atomic mass is 10.1. The van der Waals surface area contributed by atoms with E-state index in [4.69, 9.17) is 0 Å². The Hall–Kier alpha value is -1.32. The molecule has 1 N–H and O–H groups in total. The molecular weight excluding hydrogens is 240 g/mol. The van der Waals surface area contributed by atoms with Gasteiger partial charge in [-0.3, -0.25) is 4.98 Å². The third-order valence-corrected chi connectivity index (χ3v) is 3.69. The summed E-state index contributed by atoms with van der Waals surface area (Å²) in [4.78, 5) is 5.46. The first kappa shape index (κ1) is 13.1. The lowest BCUT2D eigenvalue weighted by molar-refractivity contribution is 0.688. The van der Waals surface area contributed by atoms with Gasteiger partial charge in [0, 0.05) is 30.4 Å². The van der Waals surface area contributed by atoms with Crippen LogP contribution in [0.25, 0.3) is 0 Å². The van der Waals surface area contributed by atoms with Gasteiger partial charge in [-0.1, -0.05) is 12.1 Å². The molecule has 0 saturated carbocycles. The maximum Gasteiger partial charge on any atom is 0.0315 e. The molecule has 0 unspecified atom stereocenters. The van der Waals surface area contributed by atoms with Crippen molar-refractivity contribution in [2.45, 2.75) is 24.9 Å². The van der Waals surface area contributed by atoms with E-state index >= 15 is 0 Å². The molecular formula is C15H18N2S. The maximum atomic E-state index is 4.15. The second-order valence-electron chi connectivity index (χ2n) is 4.25. The Morgan fingerprint density at radius 3 is 2.56 bits per heavy atom. The summed E-state index contributed by atoms with van der Waals surface area (Å²) in [6.07, 6.45) is 5.86. The number of nitrogens with one attached hydrogen (secondary N) is 1. The summed E-state index contributed by atoms with van der Waals surface area (Å²) < 4.78 is 0. The average Bonchev–Trinajstić information content (AvgIpc) is 2.42. The summed E-state index contributed by atoms with van der Waals surface area (Å²) in [5, 5.41) is 3.45. The molecule has 1 aromatic carbocycles. The van der Waals surface area contributed by atoms with E-state index in [9.17, 15) is 0 Å². The number of rotatable bonds is 5. The molecule has 0 aliphatic heterocycles. The van der Waals surface area contributed by atoms with Crippen LogP contribution in [-0.2, 0) is 13.1 Å². The van der Waals surface area contributed by atoms with Crippen LogP contribution in [0.3, 0.4) is 0 Å². The molecule has 0 atom stereocenters. The lowest BCUT2D eigenvalue weighted by Gasteiger charge is -2.07. The van der Waals surface area contributed by atoms with E-state index in [2.05, 4.69) is 47.7 Å². The van der Waals surface area contributed by atoms with Gasteiger partial charge < -0.3 is 5.32 Å². The molecule has 0 spiro atoms. The minimum atomic E-state index is 0.865. The van der Waals surface area contributed by atoms with E-state index in [1.54, 1.807) is 11.8 Å². The van der Waals surface area contributed by atoms with E-state index in [0.717, 1.165) is 13.1 Å². The van der Waals surface area contributed by atoms with Crippen molar-refractivity contribution in [3.8, 4) is 0 Å². The normalized spacial score (nSPS) is 10.6. The molecule has 2 nitrogen and oxygen atoms in total. The minimum Gasteiger partial charge on any atom is -0.309 e. The third-order valence-electron chi connectivity index (χ3n) is 2.95. The summed E-state index contributed by atoms with van der Waals surface area (Å²) in [5.74, 6) is 0. The van der Waals surface area contributed by atoms with Gasteiger partial charge >= 0.3 is 0 Å². The number of nitrogens with zero attached hydrogens (tertiary/aromatic N) is 1. The van der Waals surface area contributed by atoms with E-state index < -0.39 is 0 Å². The largest absolute Gasteiger partial charge is 0.309 e. The summed E-state index contributed by atoms with van der Waals surface area (Å²) in [6, 6.07) is 10.7. The van der Waals surface area contributed by atoms with Gasteiger partial charge in [-0.15, -0.1) is 11.8 Å². The Balaban J connectivity index is 1.86. The van der Waals surface area contributed by atoms with Gasteiger partial charge in [0.2, 0.25) is 0 Å². The van der Waals surface area contributed by atoms with Crippen molar-refractivity contribution >= 4 is 11.8 Å². The molecule has 0 bridgehead atoms. The second kappa shape index (κ2) is 6.57. The fraction of sp³-hybridized carbons (Fsp3) is 0.267. The zero-order chi connectivity index (χ0) is 12.8. The monoisotopic (exact) mass is 258 g/mol. The van der Waals surface area contributed by atoms with Crippen LogP contribution in [0.2, 0.25) is 0 Å². The molecule has 94 valence electrons. The molecule has 1 heterocycles. The molecule has 0 aliphatic rings. The molecule has 2 rings (SSSR count). The molecule has 0 fully saturated rings. The van der Waals surface area contributed by atoms with Crippen LogP contribution in [0.15, 0.2) is 47.6 Å². The zero-order valence-corrected chi connectivity index (χ0v) is 11.6. The molecule has 1 aromatic heterocycles. The standard InChI is InChI=1S/C15H18N2S/c1-12-7-8-16-10-14(12)11-17-9-13-3-5-15(18-2)6-4-13/h3-8,10,17H,9,11H2,1-2H3. The molecule has 0 saturated heterocycles. The Labute approximate surface area is 113 Å². The van der Waals surface area contributed by atoms with Crippen molar-refractivity contribution in [1.29, 1.82) is 0 Å². The zero-order valence-electron chi connectivity index (χ0n) is 10.8. The Kier molecular flexibility index (Phi) is 4.79. The first-order valence-corrected chi connectivity index (χ1v) is 7.25. The van der Waals surface area contributed by atoms with Crippen LogP contribution in [0.5, 0.6) is 0 Å². The van der Waals surface area contributed by atoms with Gasteiger partial charge in [0.05, 0.1) is 0 Å². The lowest BCUT2D eigenvalue weighted by Crippen LogP contribution is -2.13. The van der Waals surface area contributed by atoms with Crippen molar-refractivity contribution in [2.75, 3.05) is 6.26 Å². The minimum absolute atomic E-state index is 0.865. The fourth-order valence-corrected chi connectivity index (χ4v) is 2.17. The predicted octanol–water partition coefficient (Wildman–Crippen LogP) is 3.40. The highest BCUT2D eigenvalue weighted by atomic mass is 32.2. The van der Waals surface area contributed by atoms with Crippen LogP contribution in [-0.4, -0.2) is 11.2 Å². The summed E-state index contributed by atoms with van der Waals surface area (Å²) in [7, 11) is 0. The maximum absolute atomic E-state index is 4.15. The third kappa shape index (κ3) is 3.59. The molecule has 0 amide bonds. The summed E-state index contributed by atoms with van der Waals surface area (Å²) >= 11 is 1.77. The van der Waals surface area contributed by atoms with Crippen LogP contribution in [0.4, 0.5) is 0 Å². The highest BCUT2D eigenvalue weighted by Crippen LogP contribution is 2.14. The number of hydrogen-bond acceptors (Lipinski definition) is 3. The molecule has 0 radical (unpaired) electrons. The fourth-order valence-electron chi connectivity index (χ4n) is 1.77. The van der Waals surface area contributed by atoms with Crippen molar-refractivity contribution < 1.29 is 0 Å². The Bertz CT molecular complexity index is 494. The second-order valence-corrected chi connectivity index (χ2v) is 5.13. The smallest absolute Gasteiger partial charge is 0.0315 e. The highest BCUT2D eigenvalue weighted by Gasteiger charge is 1.98. The van der Waals surface area contributed by atoms with Gasteiger partial charge in [-0.2, -0.15) is 0 Å². The van der Waals surface area contributed by atoms with Crippen LogP contribution >= 0.6 is 11.8 Å². The van der Waals surface area contributed by atoms with E-state index in [0.29, 0.717) is 0 Å². The molecule has 2 aromatic rings. The average molecular weight is 258 g/mol. The van der Waals surface area contributed by atoms with E-state index in [1.807, 2.05) is 18.5 Å². The number of thioether (sulfide) groups is 1. The van der Waals surface area contributed by atoms with Crippen molar-refractivity contribution in [2.24, 2.45) is 0 Å². The van der Waals surface area contributed by atoms with Gasteiger partial charge in [-0.25, -0.2) is 0 Å². The Morgan fingerprint density at radius 1 is 1.11 bits per heavy atom. The molecule has 0 aliphatic carbocycles. The van der Waals surface area contributed by atoms with Gasteiger partial charge in [0.15, 0.2) is 0 Å². The predicted molar refractivity (Wildman–Crippen MR) is 77.7 cm³/mol. The summed E-state index contributed by atoms with van der Waals surface area (Å²) in [5.41, 5.74) is 3.86. The topological polar surface area (TPSA) is 24.9 Å². The van der Waals surface area contributed by atoms with Crippen LogP contribution < -0.4 is 5.32 Å². The van der Waals surface area contributed by atoms with Gasteiger partial charge in [0.1, 0.15) is 0 Å². The molecule has 18 heavy (non-hydrogen) atoms. The number of pyridine rings is 1. The van der Waals surface area contributed by atoms with Crippen molar-refractivity contribution in [3.63, 3.8) is 0 Å². The van der Waals surface area contributed by atoms with Gasteiger partial charge in [-0.05, 0) is 48.1 Å². The first-order chi connectivity index (χ1) is 8.79. The number of aryl methyl sites for hydroxylation is 1. The number of hydrogen-bond donors (Lipinski definition) is 1. The van der Waals surface area contributed by atoms with Crippen LogP contribution in [0.1, 0.15) is 16.7 Å². The number of aromatic nitrogens is 1. The van der Waals surface area contributed by atoms with Crippen LogP contribution in [0, 0.1) is 6.92 Å². The van der Waals surface area contributed by atoms with Gasteiger partial charge in [0.25, 0.3) is 0 Å². The SMILES string of the molecule is CSc1ccc(CNCc2cnccc2C)cc1. The summed E-state index contributed by atoms with van der Waals surface area (Å²) in [6.45, 7) is 3.87. The number of benzene rings is 1. The van der Waals surface area contributed by atoms with E-state index in [1.165, 1.54) is 21.6 Å². The first-order valence-electron chi connectivity index (χ1n) is 6.03.